The van der Waals surface area contributed by atoms with Gasteiger partial charge in [-0.25, -0.2) is 0 Å². The lowest BCUT2D eigenvalue weighted by molar-refractivity contribution is 1.28. The molecular weight excluding hydrogens is 805 g/mol. The Labute approximate surface area is 367 Å². The van der Waals surface area contributed by atoms with Gasteiger partial charge in [0.05, 0.1) is 9.75 Å². The zero-order valence-electron chi connectivity index (χ0n) is 32.3. The summed E-state index contributed by atoms with van der Waals surface area (Å²) >= 11 is 7.16. The van der Waals surface area contributed by atoms with Crippen LogP contribution in [0.2, 0.25) is 0 Å². The molecule has 6 aromatic carbocycles. The SMILES string of the molecule is C(#Cc1ccc(-c2ccc(-c3ccc(N(c4ccccc4)c4ccccc4)cc3)s2)s1)c1ccc(-c2ccc(-c3ccc(N(c4ccccc4)c4ccccc4)cc3)s2)s1. The van der Waals surface area contributed by atoms with Gasteiger partial charge >= 0.3 is 0 Å². The van der Waals surface area contributed by atoms with E-state index in [1.807, 2.05) is 22.7 Å². The van der Waals surface area contributed by atoms with Crippen LogP contribution in [0.1, 0.15) is 9.75 Å². The fourth-order valence-corrected chi connectivity index (χ4v) is 11.1. The van der Waals surface area contributed by atoms with Gasteiger partial charge in [0.25, 0.3) is 0 Å². The summed E-state index contributed by atoms with van der Waals surface area (Å²) in [6.45, 7) is 0. The number of para-hydroxylation sites is 4. The van der Waals surface area contributed by atoms with Gasteiger partial charge < -0.3 is 9.80 Å². The third-order valence-electron chi connectivity index (χ3n) is 10.1. The summed E-state index contributed by atoms with van der Waals surface area (Å²) in [5.74, 6) is 6.89. The van der Waals surface area contributed by atoms with Gasteiger partial charge in [0, 0.05) is 63.4 Å². The number of benzene rings is 6. The predicted octanol–water partition coefficient (Wildman–Crippen LogP) is 16.9. The Balaban J connectivity index is 0.808. The third kappa shape index (κ3) is 8.13. The minimum Gasteiger partial charge on any atom is -0.311 e. The Kier molecular flexibility index (Phi) is 10.8. The Bertz CT molecular complexity index is 2740. The number of nitrogens with zero attached hydrogens (tertiary/aromatic N) is 2. The van der Waals surface area contributed by atoms with E-state index in [0.717, 1.165) is 43.9 Å². The van der Waals surface area contributed by atoms with Crippen LogP contribution in [0.15, 0.2) is 218 Å². The molecule has 0 spiro atoms. The van der Waals surface area contributed by atoms with Gasteiger partial charge in [0.15, 0.2) is 0 Å². The van der Waals surface area contributed by atoms with Crippen LogP contribution in [0, 0.1) is 11.8 Å². The molecule has 0 saturated heterocycles. The Hall–Kier alpha value is -6.72. The number of rotatable bonds is 10. The second-order valence-electron chi connectivity index (χ2n) is 14.0. The molecule has 0 atom stereocenters. The molecule has 0 saturated carbocycles. The highest BCUT2D eigenvalue weighted by atomic mass is 32.1. The zero-order valence-corrected chi connectivity index (χ0v) is 35.6. The first kappa shape index (κ1) is 37.5. The number of hydrogen-bond donors (Lipinski definition) is 0. The van der Waals surface area contributed by atoms with Crippen LogP contribution in [-0.2, 0) is 0 Å². The summed E-state index contributed by atoms with van der Waals surface area (Å²) in [4.78, 5) is 14.2. The molecule has 286 valence electrons. The van der Waals surface area contributed by atoms with E-state index in [0.29, 0.717) is 0 Å². The first-order valence-corrected chi connectivity index (χ1v) is 22.9. The van der Waals surface area contributed by atoms with E-state index in [1.54, 1.807) is 22.7 Å². The van der Waals surface area contributed by atoms with Crippen LogP contribution < -0.4 is 9.80 Å². The second-order valence-corrected chi connectivity index (χ2v) is 18.3. The van der Waals surface area contributed by atoms with Gasteiger partial charge in [0.1, 0.15) is 0 Å². The molecule has 6 heteroatoms. The van der Waals surface area contributed by atoms with Gasteiger partial charge in [-0.3, -0.25) is 0 Å². The molecule has 2 nitrogen and oxygen atoms in total. The summed E-state index contributed by atoms with van der Waals surface area (Å²) in [5.41, 5.74) is 9.23. The van der Waals surface area contributed by atoms with Gasteiger partial charge in [-0.1, -0.05) is 97.1 Å². The van der Waals surface area contributed by atoms with Crippen molar-refractivity contribution < 1.29 is 0 Å². The molecule has 0 N–H and O–H groups in total. The Morgan fingerprint density at radius 3 is 0.833 bits per heavy atom. The summed E-state index contributed by atoms with van der Waals surface area (Å²) in [7, 11) is 0. The molecule has 0 fully saturated rings. The standard InChI is InChI=1S/C54H36N2S4/c1-5-13-41(14-6-1)55(42-15-7-2-8-16-42)45-25-21-39(22-26-45)49-35-37-53(59-49)51-33-31-47(57-51)29-30-48-32-34-52(58-48)54-38-36-50(60-54)40-23-27-46(28-24-40)56(43-17-9-3-10-18-43)44-19-11-4-12-20-44/h1-28,31-38H. The van der Waals surface area contributed by atoms with Crippen LogP contribution in [0.5, 0.6) is 0 Å². The van der Waals surface area contributed by atoms with Crippen LogP contribution in [0.4, 0.5) is 34.1 Å². The molecule has 4 aromatic heterocycles. The smallest absolute Gasteiger partial charge is 0.0779 e. The molecule has 0 aliphatic carbocycles. The van der Waals surface area contributed by atoms with Crippen LogP contribution >= 0.6 is 45.3 Å². The number of hydrogen-bond acceptors (Lipinski definition) is 6. The zero-order chi connectivity index (χ0) is 40.1. The van der Waals surface area contributed by atoms with Crippen molar-refractivity contribution in [1.29, 1.82) is 0 Å². The maximum absolute atomic E-state index is 3.45. The predicted molar refractivity (Wildman–Crippen MR) is 261 cm³/mol. The van der Waals surface area contributed by atoms with E-state index >= 15 is 0 Å². The molecule has 0 aliphatic heterocycles. The molecule has 0 unspecified atom stereocenters. The highest BCUT2D eigenvalue weighted by Gasteiger charge is 2.15. The Morgan fingerprint density at radius 2 is 0.500 bits per heavy atom. The molecule has 10 aromatic rings. The lowest BCUT2D eigenvalue weighted by Crippen LogP contribution is -2.09. The molecule has 10 rings (SSSR count). The molecule has 60 heavy (non-hydrogen) atoms. The van der Waals surface area contributed by atoms with Crippen molar-refractivity contribution in [2.24, 2.45) is 0 Å². The van der Waals surface area contributed by atoms with Crippen LogP contribution in [0.3, 0.4) is 0 Å². The minimum atomic E-state index is 1.07. The van der Waals surface area contributed by atoms with Gasteiger partial charge in [-0.05, 0) is 144 Å². The van der Waals surface area contributed by atoms with Crippen LogP contribution in [-0.4, -0.2) is 0 Å². The lowest BCUT2D eigenvalue weighted by Gasteiger charge is -2.25. The summed E-state index contributed by atoms with van der Waals surface area (Å²) < 4.78 is 0. The average molecular weight is 841 g/mol. The molecule has 0 aliphatic rings. The van der Waals surface area contributed by atoms with E-state index in [1.165, 1.54) is 40.4 Å². The largest absolute Gasteiger partial charge is 0.311 e. The monoisotopic (exact) mass is 840 g/mol. The number of anilines is 6. The molecular formula is C54H36N2S4. The highest BCUT2D eigenvalue weighted by molar-refractivity contribution is 7.24. The summed E-state index contributed by atoms with van der Waals surface area (Å²) in [6.07, 6.45) is 0. The van der Waals surface area contributed by atoms with E-state index in [-0.39, 0.29) is 0 Å². The van der Waals surface area contributed by atoms with E-state index in [9.17, 15) is 0 Å². The van der Waals surface area contributed by atoms with Gasteiger partial charge in [-0.2, -0.15) is 0 Å². The molecule has 0 radical (unpaired) electrons. The van der Waals surface area contributed by atoms with Gasteiger partial charge in [0.2, 0.25) is 0 Å². The van der Waals surface area contributed by atoms with Crippen molar-refractivity contribution in [2.45, 2.75) is 0 Å². The van der Waals surface area contributed by atoms with Gasteiger partial charge in [-0.15, -0.1) is 45.3 Å². The van der Waals surface area contributed by atoms with Crippen molar-refractivity contribution in [2.75, 3.05) is 9.80 Å². The van der Waals surface area contributed by atoms with Crippen molar-refractivity contribution in [3.05, 3.63) is 228 Å². The van der Waals surface area contributed by atoms with Crippen molar-refractivity contribution >= 4 is 79.5 Å². The van der Waals surface area contributed by atoms with Crippen LogP contribution in [0.25, 0.3) is 40.4 Å². The van der Waals surface area contributed by atoms with Crippen molar-refractivity contribution in [3.8, 4) is 52.2 Å². The second kappa shape index (κ2) is 17.2. The Morgan fingerprint density at radius 1 is 0.233 bits per heavy atom. The molecule has 0 bridgehead atoms. The maximum Gasteiger partial charge on any atom is 0.0779 e. The van der Waals surface area contributed by atoms with E-state index in [2.05, 4.69) is 240 Å². The molecule has 4 heterocycles. The van der Waals surface area contributed by atoms with Crippen molar-refractivity contribution in [3.63, 3.8) is 0 Å². The summed E-state index contributed by atoms with van der Waals surface area (Å²) in [5, 5.41) is 0. The lowest BCUT2D eigenvalue weighted by atomic mass is 10.1. The molecule has 0 amide bonds. The normalized spacial score (nSPS) is 10.9. The minimum absolute atomic E-state index is 1.07. The quantitative estimate of drug-likeness (QED) is 0.127. The van der Waals surface area contributed by atoms with E-state index in [4.69, 9.17) is 0 Å². The average Bonchev–Trinajstić information content (AvgIpc) is 4.16. The summed E-state index contributed by atoms with van der Waals surface area (Å²) in [6, 6.07) is 77.5. The first-order valence-electron chi connectivity index (χ1n) is 19.7. The topological polar surface area (TPSA) is 6.48 Å². The fraction of sp³-hybridized carbons (Fsp3) is 0. The maximum atomic E-state index is 3.45. The van der Waals surface area contributed by atoms with E-state index < -0.39 is 0 Å². The third-order valence-corrected chi connectivity index (χ3v) is 14.8. The first-order chi connectivity index (χ1) is 29.7. The highest BCUT2D eigenvalue weighted by Crippen LogP contribution is 2.42. The van der Waals surface area contributed by atoms with Crippen molar-refractivity contribution in [1.82, 2.24) is 0 Å². The fourth-order valence-electron chi connectivity index (χ4n) is 7.20. The number of thiophene rings is 4.